The molecule has 0 atom stereocenters. The monoisotopic (exact) mass is 288 g/mol. The van der Waals surface area contributed by atoms with E-state index in [1.807, 2.05) is 24.3 Å². The first-order valence-electron chi connectivity index (χ1n) is 7.30. The molecular weight excluding hydrogens is 272 g/mol. The molecule has 20 heavy (non-hydrogen) atoms. The SMILES string of the molecule is O=C(NC(C1CC1)C1CC1)c1cc2ccc(Cl)cc2[nH]1. The van der Waals surface area contributed by atoms with Crippen molar-refractivity contribution in [2.24, 2.45) is 11.8 Å². The first-order valence-corrected chi connectivity index (χ1v) is 7.67. The number of benzene rings is 1. The molecule has 1 heterocycles. The normalized spacial score (nSPS) is 18.7. The van der Waals surface area contributed by atoms with Crippen molar-refractivity contribution < 1.29 is 4.79 Å². The van der Waals surface area contributed by atoms with Crippen molar-refractivity contribution in [1.82, 2.24) is 10.3 Å². The Kier molecular flexibility index (Phi) is 2.77. The van der Waals surface area contributed by atoms with Gasteiger partial charge >= 0.3 is 0 Å². The Bertz CT molecular complexity index is 658. The fourth-order valence-electron chi connectivity index (χ4n) is 2.98. The van der Waals surface area contributed by atoms with Gasteiger partial charge in [-0.1, -0.05) is 17.7 Å². The standard InChI is InChI=1S/C16H17ClN2O/c17-12-6-5-11-7-14(18-13(11)8-12)16(20)19-15(9-1-2-9)10-3-4-10/h5-10,15,18H,1-4H2,(H,19,20). The Balaban J connectivity index is 1.56. The molecule has 1 aromatic heterocycles. The summed E-state index contributed by atoms with van der Waals surface area (Å²) in [5.74, 6) is 1.44. The van der Waals surface area contributed by atoms with Gasteiger partial charge in [-0.3, -0.25) is 4.79 Å². The number of hydrogen-bond acceptors (Lipinski definition) is 1. The van der Waals surface area contributed by atoms with E-state index in [4.69, 9.17) is 11.6 Å². The molecule has 2 fully saturated rings. The van der Waals surface area contributed by atoms with E-state index in [1.165, 1.54) is 25.7 Å². The lowest BCUT2D eigenvalue weighted by Crippen LogP contribution is -2.38. The largest absolute Gasteiger partial charge is 0.350 e. The molecule has 0 unspecified atom stereocenters. The molecule has 2 aromatic rings. The van der Waals surface area contributed by atoms with Crippen molar-refractivity contribution in [3.63, 3.8) is 0 Å². The zero-order valence-electron chi connectivity index (χ0n) is 11.2. The quantitative estimate of drug-likeness (QED) is 0.884. The first-order chi connectivity index (χ1) is 9.70. The van der Waals surface area contributed by atoms with Crippen LogP contribution in [-0.2, 0) is 0 Å². The van der Waals surface area contributed by atoms with E-state index in [0.29, 0.717) is 28.6 Å². The van der Waals surface area contributed by atoms with Crippen LogP contribution < -0.4 is 5.32 Å². The predicted molar refractivity (Wildman–Crippen MR) is 80.0 cm³/mol. The van der Waals surface area contributed by atoms with Crippen molar-refractivity contribution >= 4 is 28.4 Å². The summed E-state index contributed by atoms with van der Waals surface area (Å²) >= 11 is 5.97. The van der Waals surface area contributed by atoms with Gasteiger partial charge in [0, 0.05) is 22.0 Å². The zero-order chi connectivity index (χ0) is 13.7. The fourth-order valence-corrected chi connectivity index (χ4v) is 3.15. The Hall–Kier alpha value is -1.48. The van der Waals surface area contributed by atoms with Gasteiger partial charge in [0.25, 0.3) is 5.91 Å². The number of hydrogen-bond donors (Lipinski definition) is 2. The third-order valence-corrected chi connectivity index (χ3v) is 4.62. The number of aromatic nitrogens is 1. The lowest BCUT2D eigenvalue weighted by Gasteiger charge is -2.16. The van der Waals surface area contributed by atoms with Gasteiger partial charge in [0.05, 0.1) is 0 Å². The van der Waals surface area contributed by atoms with Gasteiger partial charge in [0.1, 0.15) is 5.69 Å². The number of amides is 1. The van der Waals surface area contributed by atoms with Gasteiger partial charge < -0.3 is 10.3 Å². The number of halogens is 1. The number of H-pyrrole nitrogens is 1. The molecule has 1 amide bonds. The molecule has 1 aromatic carbocycles. The highest BCUT2D eigenvalue weighted by molar-refractivity contribution is 6.31. The summed E-state index contributed by atoms with van der Waals surface area (Å²) in [6.07, 6.45) is 5.07. The van der Waals surface area contributed by atoms with E-state index >= 15 is 0 Å². The third-order valence-electron chi connectivity index (χ3n) is 4.39. The molecule has 2 saturated carbocycles. The summed E-state index contributed by atoms with van der Waals surface area (Å²) < 4.78 is 0. The Morgan fingerprint density at radius 2 is 1.90 bits per heavy atom. The van der Waals surface area contributed by atoms with Gasteiger partial charge in [-0.15, -0.1) is 0 Å². The van der Waals surface area contributed by atoms with Crippen molar-refractivity contribution in [2.75, 3.05) is 0 Å². The van der Waals surface area contributed by atoms with Crippen LogP contribution in [0.3, 0.4) is 0 Å². The van der Waals surface area contributed by atoms with E-state index in [2.05, 4.69) is 10.3 Å². The Labute approximate surface area is 122 Å². The van der Waals surface area contributed by atoms with E-state index in [0.717, 1.165) is 10.9 Å². The highest BCUT2D eigenvalue weighted by Gasteiger charge is 2.42. The number of rotatable bonds is 4. The topological polar surface area (TPSA) is 44.9 Å². The van der Waals surface area contributed by atoms with Crippen molar-refractivity contribution in [2.45, 2.75) is 31.7 Å². The van der Waals surface area contributed by atoms with Crippen LogP contribution in [0.5, 0.6) is 0 Å². The van der Waals surface area contributed by atoms with Crippen LogP contribution in [0.2, 0.25) is 5.02 Å². The van der Waals surface area contributed by atoms with Gasteiger partial charge in [-0.2, -0.15) is 0 Å². The van der Waals surface area contributed by atoms with Crippen molar-refractivity contribution in [3.8, 4) is 0 Å². The molecule has 3 nitrogen and oxygen atoms in total. The second-order valence-electron chi connectivity index (χ2n) is 6.09. The van der Waals surface area contributed by atoms with E-state index < -0.39 is 0 Å². The van der Waals surface area contributed by atoms with Crippen LogP contribution in [0.1, 0.15) is 36.2 Å². The molecule has 0 bridgehead atoms. The Morgan fingerprint density at radius 3 is 2.55 bits per heavy atom. The van der Waals surface area contributed by atoms with Gasteiger partial charge in [-0.05, 0) is 55.7 Å². The molecule has 2 aliphatic rings. The molecular formula is C16H17ClN2O. The predicted octanol–water partition coefficient (Wildman–Crippen LogP) is 3.74. The molecule has 2 N–H and O–H groups in total. The number of nitrogens with one attached hydrogen (secondary N) is 2. The first kappa shape index (κ1) is 12.3. The number of carbonyl (C=O) groups excluding carboxylic acids is 1. The molecule has 0 aliphatic heterocycles. The van der Waals surface area contributed by atoms with E-state index in [9.17, 15) is 4.79 Å². The lowest BCUT2D eigenvalue weighted by atomic mass is 10.1. The zero-order valence-corrected chi connectivity index (χ0v) is 11.9. The molecule has 0 radical (unpaired) electrons. The summed E-state index contributed by atoms with van der Waals surface area (Å²) in [5, 5.41) is 4.93. The third kappa shape index (κ3) is 2.31. The average Bonchev–Trinajstić information content (AvgIpc) is 3.32. The van der Waals surface area contributed by atoms with E-state index in [-0.39, 0.29) is 5.91 Å². The van der Waals surface area contributed by atoms with Gasteiger partial charge in [0.2, 0.25) is 0 Å². The lowest BCUT2D eigenvalue weighted by molar-refractivity contribution is 0.0922. The van der Waals surface area contributed by atoms with Crippen LogP contribution in [0.15, 0.2) is 24.3 Å². The van der Waals surface area contributed by atoms with Gasteiger partial charge in [0.15, 0.2) is 0 Å². The average molecular weight is 289 g/mol. The second-order valence-corrected chi connectivity index (χ2v) is 6.53. The summed E-state index contributed by atoms with van der Waals surface area (Å²) in [6, 6.07) is 7.92. The number of aromatic amines is 1. The van der Waals surface area contributed by atoms with E-state index in [1.54, 1.807) is 0 Å². The second kappa shape index (κ2) is 4.52. The van der Waals surface area contributed by atoms with Gasteiger partial charge in [-0.25, -0.2) is 0 Å². The molecule has 0 saturated heterocycles. The Morgan fingerprint density at radius 1 is 1.20 bits per heavy atom. The van der Waals surface area contributed by atoms with Crippen LogP contribution in [0.4, 0.5) is 0 Å². The molecule has 4 heteroatoms. The highest BCUT2D eigenvalue weighted by atomic mass is 35.5. The minimum absolute atomic E-state index is 0.0149. The number of carbonyl (C=O) groups is 1. The van der Waals surface area contributed by atoms with Crippen LogP contribution in [0, 0.1) is 11.8 Å². The smallest absolute Gasteiger partial charge is 0.267 e. The fraction of sp³-hybridized carbons (Fsp3) is 0.438. The minimum Gasteiger partial charge on any atom is -0.350 e. The van der Waals surface area contributed by atoms with Crippen LogP contribution >= 0.6 is 11.6 Å². The van der Waals surface area contributed by atoms with Crippen LogP contribution in [-0.4, -0.2) is 16.9 Å². The van der Waals surface area contributed by atoms with Crippen molar-refractivity contribution in [3.05, 3.63) is 35.0 Å². The van der Waals surface area contributed by atoms with Crippen molar-refractivity contribution in [1.29, 1.82) is 0 Å². The minimum atomic E-state index is 0.0149. The molecule has 2 aliphatic carbocycles. The highest BCUT2D eigenvalue weighted by Crippen LogP contribution is 2.44. The summed E-state index contributed by atoms with van der Waals surface area (Å²) in [7, 11) is 0. The maximum Gasteiger partial charge on any atom is 0.267 e. The number of fused-ring (bicyclic) bond motifs is 1. The summed E-state index contributed by atoms with van der Waals surface area (Å²) in [6.45, 7) is 0. The molecule has 0 spiro atoms. The van der Waals surface area contributed by atoms with Crippen LogP contribution in [0.25, 0.3) is 10.9 Å². The molecule has 104 valence electrons. The maximum atomic E-state index is 12.4. The maximum absolute atomic E-state index is 12.4. The summed E-state index contributed by atoms with van der Waals surface area (Å²) in [5.41, 5.74) is 1.55. The summed E-state index contributed by atoms with van der Waals surface area (Å²) in [4.78, 5) is 15.6. The molecule has 4 rings (SSSR count).